The first kappa shape index (κ1) is 16.4. The number of hydrogen-bond acceptors (Lipinski definition) is 4. The Morgan fingerprint density at radius 3 is 2.05 bits per heavy atom. The number of nitrogens with two attached hydrogens (primary N) is 1. The van der Waals surface area contributed by atoms with Crippen LogP contribution in [0.15, 0.2) is 30.3 Å². The molecule has 2 atom stereocenters. The molecule has 4 nitrogen and oxygen atoms in total. The van der Waals surface area contributed by atoms with Crippen LogP contribution in [0, 0.1) is 0 Å². The fourth-order valence-corrected chi connectivity index (χ4v) is 2.18. The second-order valence-electron chi connectivity index (χ2n) is 5.71. The fourth-order valence-electron chi connectivity index (χ4n) is 2.18. The average molecular weight is 292 g/mol. The van der Waals surface area contributed by atoms with Crippen molar-refractivity contribution in [3.05, 3.63) is 35.9 Å². The number of unbranched alkanes of at least 4 members (excludes halogenated alkanes) is 1. The molecular formula is C17H28N2O2. The van der Waals surface area contributed by atoms with Gasteiger partial charge in [-0.05, 0) is 18.5 Å². The first-order chi connectivity index (χ1) is 10.3. The van der Waals surface area contributed by atoms with E-state index in [1.54, 1.807) is 0 Å². The van der Waals surface area contributed by atoms with Crippen LogP contribution in [-0.2, 0) is 16.0 Å². The normalized spacial score (nSPS) is 22.6. The Morgan fingerprint density at radius 1 is 1.10 bits per heavy atom. The summed E-state index contributed by atoms with van der Waals surface area (Å²) in [6.07, 6.45) is 3.61. The molecule has 2 aliphatic heterocycles. The standard InChI is InChI=1S/C10H19NO2.C7H9N/c1-2-3-4-11(5-9-7-12-9)6-10-8-13-10;8-6-7-4-2-1-3-5-7/h9-10H,2-8H2,1H3;1-5H,6,8H2. The molecule has 2 N–H and O–H groups in total. The zero-order chi connectivity index (χ0) is 14.9. The quantitative estimate of drug-likeness (QED) is 0.745. The Bertz CT molecular complexity index is 364. The lowest BCUT2D eigenvalue weighted by atomic mass is 10.2. The Labute approximate surface area is 128 Å². The van der Waals surface area contributed by atoms with Crippen LogP contribution in [0.2, 0.25) is 0 Å². The minimum absolute atomic E-state index is 0.524. The molecule has 2 saturated heterocycles. The second kappa shape index (κ2) is 9.15. The lowest BCUT2D eigenvalue weighted by molar-refractivity contribution is 0.217. The topological polar surface area (TPSA) is 54.3 Å². The number of benzene rings is 1. The number of ether oxygens (including phenoxy) is 2. The van der Waals surface area contributed by atoms with Gasteiger partial charge in [-0.3, -0.25) is 4.90 Å². The summed E-state index contributed by atoms with van der Waals surface area (Å²) in [5, 5.41) is 0. The molecule has 1 aromatic carbocycles. The van der Waals surface area contributed by atoms with E-state index in [9.17, 15) is 0 Å². The smallest absolute Gasteiger partial charge is 0.0936 e. The van der Waals surface area contributed by atoms with E-state index < -0.39 is 0 Å². The first-order valence-corrected chi connectivity index (χ1v) is 8.01. The Morgan fingerprint density at radius 2 is 1.67 bits per heavy atom. The summed E-state index contributed by atoms with van der Waals surface area (Å²) in [6, 6.07) is 9.99. The van der Waals surface area contributed by atoms with Gasteiger partial charge in [-0.1, -0.05) is 43.7 Å². The van der Waals surface area contributed by atoms with Crippen molar-refractivity contribution in [2.75, 3.05) is 32.8 Å². The summed E-state index contributed by atoms with van der Waals surface area (Å²) in [5.74, 6) is 0. The molecule has 2 aliphatic rings. The van der Waals surface area contributed by atoms with Gasteiger partial charge in [-0.2, -0.15) is 0 Å². The van der Waals surface area contributed by atoms with Gasteiger partial charge in [0.2, 0.25) is 0 Å². The van der Waals surface area contributed by atoms with Gasteiger partial charge >= 0.3 is 0 Å². The van der Waals surface area contributed by atoms with Crippen molar-refractivity contribution in [2.45, 2.75) is 38.5 Å². The largest absolute Gasteiger partial charge is 0.372 e. The van der Waals surface area contributed by atoms with Crippen LogP contribution in [0.3, 0.4) is 0 Å². The maximum absolute atomic E-state index is 5.35. The Kier molecular flexibility index (Phi) is 7.16. The molecular weight excluding hydrogens is 264 g/mol. The maximum Gasteiger partial charge on any atom is 0.0936 e. The van der Waals surface area contributed by atoms with E-state index in [0.717, 1.165) is 26.3 Å². The lowest BCUT2D eigenvalue weighted by Gasteiger charge is -2.19. The predicted molar refractivity (Wildman–Crippen MR) is 85.2 cm³/mol. The van der Waals surface area contributed by atoms with E-state index in [2.05, 4.69) is 11.8 Å². The molecule has 2 unspecified atom stereocenters. The van der Waals surface area contributed by atoms with E-state index >= 15 is 0 Å². The highest BCUT2D eigenvalue weighted by Gasteiger charge is 2.30. The molecule has 0 bridgehead atoms. The molecule has 2 heterocycles. The first-order valence-electron chi connectivity index (χ1n) is 8.01. The van der Waals surface area contributed by atoms with Crippen molar-refractivity contribution in [3.8, 4) is 0 Å². The molecule has 0 aromatic heterocycles. The SMILES string of the molecule is CCCCN(CC1CO1)CC1CO1.NCc1ccccc1. The highest BCUT2D eigenvalue weighted by atomic mass is 16.6. The fraction of sp³-hybridized carbons (Fsp3) is 0.647. The third-order valence-electron chi connectivity index (χ3n) is 3.63. The Balaban J connectivity index is 0.000000173. The zero-order valence-electron chi connectivity index (χ0n) is 13.0. The van der Waals surface area contributed by atoms with Crippen LogP contribution in [0.4, 0.5) is 0 Å². The van der Waals surface area contributed by atoms with Crippen molar-refractivity contribution >= 4 is 0 Å². The van der Waals surface area contributed by atoms with Gasteiger partial charge in [0, 0.05) is 19.6 Å². The molecule has 21 heavy (non-hydrogen) atoms. The number of hydrogen-bond donors (Lipinski definition) is 1. The van der Waals surface area contributed by atoms with Gasteiger partial charge in [-0.15, -0.1) is 0 Å². The van der Waals surface area contributed by atoms with Crippen molar-refractivity contribution in [1.82, 2.24) is 4.90 Å². The lowest BCUT2D eigenvalue weighted by Crippen LogP contribution is -2.32. The molecule has 0 radical (unpaired) electrons. The molecule has 0 saturated carbocycles. The average Bonchev–Trinajstić information content (AvgIpc) is 3.43. The minimum atomic E-state index is 0.524. The molecule has 0 spiro atoms. The van der Waals surface area contributed by atoms with Crippen LogP contribution < -0.4 is 5.73 Å². The number of epoxide rings is 2. The summed E-state index contributed by atoms with van der Waals surface area (Å²) in [6.45, 7) is 8.23. The highest BCUT2D eigenvalue weighted by Crippen LogP contribution is 2.16. The molecule has 0 amide bonds. The van der Waals surface area contributed by atoms with Crippen LogP contribution in [0.25, 0.3) is 0 Å². The van der Waals surface area contributed by atoms with Crippen molar-refractivity contribution in [1.29, 1.82) is 0 Å². The summed E-state index contributed by atoms with van der Waals surface area (Å²) < 4.78 is 10.5. The van der Waals surface area contributed by atoms with Crippen LogP contribution in [0.1, 0.15) is 25.3 Å². The van der Waals surface area contributed by atoms with Crippen molar-refractivity contribution in [2.24, 2.45) is 5.73 Å². The molecule has 0 aliphatic carbocycles. The van der Waals surface area contributed by atoms with Gasteiger partial charge in [0.15, 0.2) is 0 Å². The second-order valence-corrected chi connectivity index (χ2v) is 5.71. The highest BCUT2D eigenvalue weighted by molar-refractivity contribution is 5.13. The van der Waals surface area contributed by atoms with Crippen molar-refractivity contribution < 1.29 is 9.47 Å². The van der Waals surface area contributed by atoms with Crippen LogP contribution >= 0.6 is 0 Å². The maximum atomic E-state index is 5.35. The predicted octanol–water partition coefficient (Wildman–Crippen LogP) is 2.03. The monoisotopic (exact) mass is 292 g/mol. The van der Waals surface area contributed by atoms with Crippen LogP contribution in [-0.4, -0.2) is 50.0 Å². The zero-order valence-corrected chi connectivity index (χ0v) is 13.0. The number of nitrogens with zero attached hydrogens (tertiary/aromatic N) is 1. The number of rotatable bonds is 8. The molecule has 2 fully saturated rings. The van der Waals surface area contributed by atoms with E-state index in [1.807, 2.05) is 30.3 Å². The van der Waals surface area contributed by atoms with Crippen LogP contribution in [0.5, 0.6) is 0 Å². The summed E-state index contributed by atoms with van der Waals surface area (Å²) in [7, 11) is 0. The molecule has 118 valence electrons. The summed E-state index contributed by atoms with van der Waals surface area (Å²) >= 11 is 0. The molecule has 1 aromatic rings. The van der Waals surface area contributed by atoms with Gasteiger partial charge < -0.3 is 15.2 Å². The van der Waals surface area contributed by atoms with Gasteiger partial charge in [0.1, 0.15) is 0 Å². The third kappa shape index (κ3) is 7.58. The van der Waals surface area contributed by atoms with Gasteiger partial charge in [-0.25, -0.2) is 0 Å². The van der Waals surface area contributed by atoms with Crippen molar-refractivity contribution in [3.63, 3.8) is 0 Å². The van der Waals surface area contributed by atoms with Gasteiger partial charge in [0.25, 0.3) is 0 Å². The molecule has 4 heteroatoms. The van der Waals surface area contributed by atoms with E-state index in [0.29, 0.717) is 18.8 Å². The minimum Gasteiger partial charge on any atom is -0.372 e. The van der Waals surface area contributed by atoms with E-state index in [4.69, 9.17) is 15.2 Å². The summed E-state index contributed by atoms with van der Waals surface area (Å²) in [4.78, 5) is 2.48. The third-order valence-corrected chi connectivity index (χ3v) is 3.63. The summed E-state index contributed by atoms with van der Waals surface area (Å²) in [5.41, 5.74) is 6.54. The van der Waals surface area contributed by atoms with E-state index in [-0.39, 0.29) is 0 Å². The molecule has 3 rings (SSSR count). The Hall–Kier alpha value is -0.940. The van der Waals surface area contributed by atoms with Gasteiger partial charge in [0.05, 0.1) is 25.4 Å². The van der Waals surface area contributed by atoms with E-state index in [1.165, 1.54) is 24.9 Å².